The molecule has 0 spiro atoms. The van der Waals surface area contributed by atoms with Gasteiger partial charge in [0.25, 0.3) is 0 Å². The van der Waals surface area contributed by atoms with Gasteiger partial charge in [-0.15, -0.1) is 0 Å². The normalized spacial score (nSPS) is 21.0. The number of hydrogen-bond donors (Lipinski definition) is 1. The number of amides is 2. The highest BCUT2D eigenvalue weighted by molar-refractivity contribution is 6.06. The Morgan fingerprint density at radius 2 is 1.91 bits per heavy atom. The molecule has 1 saturated carbocycles. The number of fused-ring (bicyclic) bond motifs is 1. The highest BCUT2D eigenvalue weighted by Gasteiger charge is 2.36. The summed E-state index contributed by atoms with van der Waals surface area (Å²) >= 11 is 0. The van der Waals surface area contributed by atoms with Crippen molar-refractivity contribution in [1.29, 1.82) is 0 Å². The maximum Gasteiger partial charge on any atom is 0.227 e. The van der Waals surface area contributed by atoms with Gasteiger partial charge in [0.2, 0.25) is 11.8 Å². The van der Waals surface area contributed by atoms with Crippen LogP contribution < -0.4 is 10.2 Å². The Morgan fingerprint density at radius 3 is 2.74 bits per heavy atom. The van der Waals surface area contributed by atoms with Crippen LogP contribution in [0.15, 0.2) is 42.5 Å². The molecule has 2 fully saturated rings. The SMILES string of the molecule is O=C(NCC1CC1)C1CC(=O)N(c2cccc3ccccc23)C1. The third kappa shape index (κ3) is 2.81. The van der Waals surface area contributed by atoms with E-state index < -0.39 is 0 Å². The van der Waals surface area contributed by atoms with E-state index in [4.69, 9.17) is 0 Å². The number of anilines is 1. The van der Waals surface area contributed by atoms with Crippen LogP contribution in [0.25, 0.3) is 10.8 Å². The lowest BCUT2D eigenvalue weighted by Gasteiger charge is -2.19. The lowest BCUT2D eigenvalue weighted by molar-refractivity contribution is -0.126. The number of rotatable bonds is 4. The number of hydrogen-bond acceptors (Lipinski definition) is 2. The van der Waals surface area contributed by atoms with Crippen LogP contribution in [-0.4, -0.2) is 24.9 Å². The fraction of sp³-hybridized carbons (Fsp3) is 0.368. The van der Waals surface area contributed by atoms with E-state index in [-0.39, 0.29) is 17.7 Å². The first kappa shape index (κ1) is 14.2. The number of carbonyl (C=O) groups is 2. The van der Waals surface area contributed by atoms with Crippen LogP contribution in [0.4, 0.5) is 5.69 Å². The van der Waals surface area contributed by atoms with Gasteiger partial charge in [-0.05, 0) is 30.2 Å². The molecule has 1 aliphatic carbocycles. The van der Waals surface area contributed by atoms with E-state index in [0.717, 1.165) is 23.0 Å². The van der Waals surface area contributed by atoms with Crippen molar-refractivity contribution in [2.24, 2.45) is 11.8 Å². The van der Waals surface area contributed by atoms with Crippen LogP contribution in [-0.2, 0) is 9.59 Å². The lowest BCUT2D eigenvalue weighted by Crippen LogP contribution is -2.34. The van der Waals surface area contributed by atoms with Gasteiger partial charge in [0.1, 0.15) is 0 Å². The van der Waals surface area contributed by atoms with Gasteiger partial charge >= 0.3 is 0 Å². The zero-order valence-corrected chi connectivity index (χ0v) is 13.0. The predicted octanol–water partition coefficient (Wildman–Crippen LogP) is 2.72. The molecule has 1 saturated heterocycles. The molecule has 4 nitrogen and oxygen atoms in total. The third-order valence-corrected chi connectivity index (χ3v) is 4.82. The van der Waals surface area contributed by atoms with Gasteiger partial charge in [0.05, 0.1) is 11.6 Å². The van der Waals surface area contributed by atoms with E-state index in [9.17, 15) is 9.59 Å². The van der Waals surface area contributed by atoms with Gasteiger partial charge in [0.15, 0.2) is 0 Å². The summed E-state index contributed by atoms with van der Waals surface area (Å²) in [7, 11) is 0. The van der Waals surface area contributed by atoms with Crippen molar-refractivity contribution in [2.75, 3.05) is 18.0 Å². The number of nitrogens with one attached hydrogen (secondary N) is 1. The van der Waals surface area contributed by atoms with Crippen molar-refractivity contribution in [3.63, 3.8) is 0 Å². The van der Waals surface area contributed by atoms with Crippen LogP contribution in [0, 0.1) is 11.8 Å². The summed E-state index contributed by atoms with van der Waals surface area (Å²) in [4.78, 5) is 26.5. The van der Waals surface area contributed by atoms with Crippen molar-refractivity contribution in [2.45, 2.75) is 19.3 Å². The quantitative estimate of drug-likeness (QED) is 0.944. The summed E-state index contributed by atoms with van der Waals surface area (Å²) in [5, 5.41) is 5.17. The van der Waals surface area contributed by atoms with Gasteiger partial charge in [-0.25, -0.2) is 0 Å². The number of benzene rings is 2. The van der Waals surface area contributed by atoms with Crippen molar-refractivity contribution in [1.82, 2.24) is 5.32 Å². The lowest BCUT2D eigenvalue weighted by atomic mass is 10.1. The Kier molecular flexibility index (Phi) is 3.52. The van der Waals surface area contributed by atoms with Gasteiger partial charge in [0, 0.05) is 24.9 Å². The topological polar surface area (TPSA) is 49.4 Å². The van der Waals surface area contributed by atoms with Gasteiger partial charge < -0.3 is 10.2 Å². The van der Waals surface area contributed by atoms with Gasteiger partial charge in [-0.2, -0.15) is 0 Å². The first-order valence-corrected chi connectivity index (χ1v) is 8.28. The predicted molar refractivity (Wildman–Crippen MR) is 90.1 cm³/mol. The molecule has 2 aromatic rings. The van der Waals surface area contributed by atoms with E-state index in [2.05, 4.69) is 5.32 Å². The van der Waals surface area contributed by atoms with Crippen LogP contribution >= 0.6 is 0 Å². The molecule has 1 N–H and O–H groups in total. The van der Waals surface area contributed by atoms with Crippen molar-refractivity contribution < 1.29 is 9.59 Å². The molecule has 4 heteroatoms. The molecule has 1 heterocycles. The summed E-state index contributed by atoms with van der Waals surface area (Å²) in [6.45, 7) is 1.24. The second-order valence-corrected chi connectivity index (χ2v) is 6.59. The molecule has 2 amide bonds. The number of nitrogens with zero attached hydrogens (tertiary/aromatic N) is 1. The molecular weight excluding hydrogens is 288 g/mol. The molecule has 118 valence electrons. The molecule has 2 aliphatic rings. The van der Waals surface area contributed by atoms with Crippen molar-refractivity contribution in [3.05, 3.63) is 42.5 Å². The minimum atomic E-state index is -0.236. The molecule has 4 rings (SSSR count). The maximum atomic E-state index is 12.4. The monoisotopic (exact) mass is 308 g/mol. The summed E-state index contributed by atoms with van der Waals surface area (Å²) in [6.07, 6.45) is 2.73. The van der Waals surface area contributed by atoms with E-state index in [1.165, 1.54) is 12.8 Å². The maximum absolute atomic E-state index is 12.4. The van der Waals surface area contributed by atoms with E-state index in [1.54, 1.807) is 4.90 Å². The Bertz CT molecular complexity index is 762. The molecule has 2 aromatic carbocycles. The standard InChI is InChI=1S/C19H20N2O2/c22-18-10-15(19(23)20-11-13-8-9-13)12-21(18)17-7-3-5-14-4-1-2-6-16(14)17/h1-7,13,15H,8-12H2,(H,20,23). The molecule has 0 radical (unpaired) electrons. The second kappa shape index (κ2) is 5.69. The first-order chi connectivity index (χ1) is 11.2. The van der Waals surface area contributed by atoms with Crippen molar-refractivity contribution >= 4 is 28.3 Å². The molecule has 23 heavy (non-hydrogen) atoms. The average Bonchev–Trinajstić information content (AvgIpc) is 3.33. The molecule has 1 atom stereocenters. The fourth-order valence-corrected chi connectivity index (χ4v) is 3.27. The zero-order valence-electron chi connectivity index (χ0n) is 13.0. The van der Waals surface area contributed by atoms with Crippen LogP contribution in [0.2, 0.25) is 0 Å². The molecule has 0 aromatic heterocycles. The van der Waals surface area contributed by atoms with Crippen LogP contribution in [0.5, 0.6) is 0 Å². The summed E-state index contributed by atoms with van der Waals surface area (Å²) < 4.78 is 0. The Morgan fingerprint density at radius 1 is 1.13 bits per heavy atom. The smallest absolute Gasteiger partial charge is 0.227 e. The summed E-state index contributed by atoms with van der Waals surface area (Å²) in [5.41, 5.74) is 0.908. The molecule has 1 unspecified atom stereocenters. The minimum absolute atomic E-state index is 0.0213. The Hall–Kier alpha value is -2.36. The summed E-state index contributed by atoms with van der Waals surface area (Å²) in [6, 6.07) is 14.0. The average molecular weight is 308 g/mol. The van der Waals surface area contributed by atoms with Crippen molar-refractivity contribution in [3.8, 4) is 0 Å². The Labute approximate surface area is 135 Å². The molecular formula is C19H20N2O2. The fourth-order valence-electron chi connectivity index (χ4n) is 3.27. The summed E-state index contributed by atoms with van der Waals surface area (Å²) in [5.74, 6) is 0.478. The number of carbonyl (C=O) groups excluding carboxylic acids is 2. The first-order valence-electron chi connectivity index (χ1n) is 8.28. The van der Waals surface area contributed by atoms with E-state index >= 15 is 0 Å². The second-order valence-electron chi connectivity index (χ2n) is 6.59. The highest BCUT2D eigenvalue weighted by atomic mass is 16.2. The van der Waals surface area contributed by atoms with Gasteiger partial charge in [-0.3, -0.25) is 9.59 Å². The molecule has 0 bridgehead atoms. The largest absolute Gasteiger partial charge is 0.356 e. The van der Waals surface area contributed by atoms with E-state index in [0.29, 0.717) is 18.9 Å². The highest BCUT2D eigenvalue weighted by Crippen LogP contribution is 2.32. The van der Waals surface area contributed by atoms with E-state index in [1.807, 2.05) is 42.5 Å². The van der Waals surface area contributed by atoms with Crippen LogP contribution in [0.3, 0.4) is 0 Å². The zero-order chi connectivity index (χ0) is 15.8. The molecule has 1 aliphatic heterocycles. The van der Waals surface area contributed by atoms with Crippen LogP contribution in [0.1, 0.15) is 19.3 Å². The third-order valence-electron chi connectivity index (χ3n) is 4.82. The Balaban J connectivity index is 1.54. The minimum Gasteiger partial charge on any atom is -0.356 e. The van der Waals surface area contributed by atoms with Gasteiger partial charge in [-0.1, -0.05) is 36.4 Å².